The summed E-state index contributed by atoms with van der Waals surface area (Å²) in [4.78, 5) is 13.0. The summed E-state index contributed by atoms with van der Waals surface area (Å²) in [7, 11) is 0. The molecule has 1 atom stereocenters. The average molecular weight is 250 g/mol. The fourth-order valence-electron chi connectivity index (χ4n) is 2.04. The van der Waals surface area contributed by atoms with Crippen LogP contribution >= 0.6 is 0 Å². The summed E-state index contributed by atoms with van der Waals surface area (Å²) >= 11 is 0. The second-order valence-corrected chi connectivity index (χ2v) is 4.25. The molecule has 1 fully saturated rings. The lowest BCUT2D eigenvalue weighted by Crippen LogP contribution is -2.48. The van der Waals surface area contributed by atoms with E-state index in [-0.39, 0.29) is 25.1 Å². The lowest BCUT2D eigenvalue weighted by Gasteiger charge is -2.26. The number of hydrogen-bond acceptors (Lipinski definition) is 3. The van der Waals surface area contributed by atoms with E-state index in [1.54, 1.807) is 0 Å². The Labute approximate surface area is 100.0 Å². The van der Waals surface area contributed by atoms with Crippen molar-refractivity contribution < 1.29 is 18.7 Å². The third-order valence-corrected chi connectivity index (χ3v) is 2.90. The number of aliphatic hydroxyl groups is 1. The van der Waals surface area contributed by atoms with Crippen LogP contribution in [0.4, 0.5) is 8.78 Å². The van der Waals surface area contributed by atoms with Gasteiger partial charge in [-0.25, -0.2) is 8.78 Å². The maximum Gasteiger partial charge on any atom is 0.255 e. The molecule has 1 aliphatic heterocycles. The fraction of sp³-hybridized carbons (Fsp3) is 0.909. The molecule has 1 unspecified atom stereocenters. The van der Waals surface area contributed by atoms with Crippen molar-refractivity contribution in [1.82, 2.24) is 10.2 Å². The van der Waals surface area contributed by atoms with Gasteiger partial charge in [-0.3, -0.25) is 4.79 Å². The summed E-state index contributed by atoms with van der Waals surface area (Å²) < 4.78 is 24.6. The first-order valence-corrected chi connectivity index (χ1v) is 6.06. The highest BCUT2D eigenvalue weighted by Crippen LogP contribution is 2.11. The van der Waals surface area contributed by atoms with Crippen LogP contribution in [0.2, 0.25) is 0 Å². The van der Waals surface area contributed by atoms with Crippen molar-refractivity contribution in [3.8, 4) is 0 Å². The van der Waals surface area contributed by atoms with Crippen LogP contribution in [0.3, 0.4) is 0 Å². The van der Waals surface area contributed by atoms with Crippen LogP contribution in [-0.2, 0) is 4.79 Å². The second-order valence-electron chi connectivity index (χ2n) is 4.25. The molecule has 0 aromatic rings. The molecular weight excluding hydrogens is 230 g/mol. The van der Waals surface area contributed by atoms with Crippen LogP contribution in [0, 0.1) is 0 Å². The van der Waals surface area contributed by atoms with Crippen LogP contribution in [0.5, 0.6) is 0 Å². The van der Waals surface area contributed by atoms with Crippen molar-refractivity contribution >= 4 is 5.91 Å². The molecule has 0 saturated carbocycles. The van der Waals surface area contributed by atoms with Crippen LogP contribution in [0.15, 0.2) is 0 Å². The standard InChI is InChI=1S/C11H20F2N2O2/c12-10(13)8-15(6-7-16)11(17)9-4-2-1-3-5-14-9/h9-10,14,16H,1-8H2. The molecule has 0 radical (unpaired) electrons. The lowest BCUT2D eigenvalue weighted by atomic mass is 10.1. The summed E-state index contributed by atoms with van der Waals surface area (Å²) in [5.41, 5.74) is 0. The Morgan fingerprint density at radius 3 is 2.82 bits per heavy atom. The molecule has 100 valence electrons. The number of hydrogen-bond donors (Lipinski definition) is 2. The predicted octanol–water partition coefficient (Wildman–Crippen LogP) is 0.605. The van der Waals surface area contributed by atoms with Gasteiger partial charge in [0.1, 0.15) is 0 Å². The number of aliphatic hydroxyl groups excluding tert-OH is 1. The summed E-state index contributed by atoms with van der Waals surface area (Å²) in [5, 5.41) is 11.9. The molecule has 1 saturated heterocycles. The van der Waals surface area contributed by atoms with Gasteiger partial charge < -0.3 is 15.3 Å². The summed E-state index contributed by atoms with van der Waals surface area (Å²) in [6.45, 7) is -0.165. The van der Waals surface area contributed by atoms with Gasteiger partial charge in [0.15, 0.2) is 0 Å². The van der Waals surface area contributed by atoms with Crippen molar-refractivity contribution in [3.05, 3.63) is 0 Å². The van der Waals surface area contributed by atoms with E-state index in [1.807, 2.05) is 0 Å². The minimum Gasteiger partial charge on any atom is -0.395 e. The molecule has 2 N–H and O–H groups in total. The summed E-state index contributed by atoms with van der Waals surface area (Å²) in [6.07, 6.45) is 1.13. The normalized spacial score (nSPS) is 21.3. The molecule has 6 heteroatoms. The van der Waals surface area contributed by atoms with E-state index < -0.39 is 13.0 Å². The Hall–Kier alpha value is -0.750. The molecule has 0 aliphatic carbocycles. The van der Waals surface area contributed by atoms with Crippen LogP contribution < -0.4 is 5.32 Å². The van der Waals surface area contributed by atoms with Gasteiger partial charge in [-0.15, -0.1) is 0 Å². The Bertz CT molecular complexity index is 232. The van der Waals surface area contributed by atoms with Gasteiger partial charge in [0, 0.05) is 6.54 Å². The van der Waals surface area contributed by atoms with Gasteiger partial charge in [0.05, 0.1) is 19.2 Å². The molecule has 1 rings (SSSR count). The highest BCUT2D eigenvalue weighted by Gasteiger charge is 2.26. The lowest BCUT2D eigenvalue weighted by molar-refractivity contribution is -0.136. The molecule has 1 aliphatic rings. The van der Waals surface area contributed by atoms with E-state index in [9.17, 15) is 13.6 Å². The zero-order valence-corrected chi connectivity index (χ0v) is 9.87. The van der Waals surface area contributed by atoms with Gasteiger partial charge in [0.25, 0.3) is 6.43 Å². The van der Waals surface area contributed by atoms with Gasteiger partial charge in [-0.2, -0.15) is 0 Å². The van der Waals surface area contributed by atoms with E-state index in [4.69, 9.17) is 5.11 Å². The number of nitrogens with one attached hydrogen (secondary N) is 1. The van der Waals surface area contributed by atoms with Gasteiger partial charge in [-0.05, 0) is 19.4 Å². The number of carbonyl (C=O) groups is 1. The predicted molar refractivity (Wildman–Crippen MR) is 59.9 cm³/mol. The minimum absolute atomic E-state index is 0.0264. The quantitative estimate of drug-likeness (QED) is 0.751. The largest absolute Gasteiger partial charge is 0.395 e. The maximum absolute atomic E-state index is 12.3. The van der Waals surface area contributed by atoms with Crippen LogP contribution in [0.1, 0.15) is 25.7 Å². The first-order chi connectivity index (χ1) is 8.15. The topological polar surface area (TPSA) is 52.6 Å². The van der Waals surface area contributed by atoms with Crippen LogP contribution in [0.25, 0.3) is 0 Å². The van der Waals surface area contributed by atoms with E-state index >= 15 is 0 Å². The molecule has 0 aromatic heterocycles. The number of alkyl halides is 2. The monoisotopic (exact) mass is 250 g/mol. The molecule has 1 amide bonds. The third-order valence-electron chi connectivity index (χ3n) is 2.90. The van der Waals surface area contributed by atoms with E-state index in [2.05, 4.69) is 5.32 Å². The number of nitrogens with zero attached hydrogens (tertiary/aromatic N) is 1. The van der Waals surface area contributed by atoms with Crippen molar-refractivity contribution in [3.63, 3.8) is 0 Å². The first kappa shape index (κ1) is 14.3. The number of halogens is 2. The molecule has 0 aromatic carbocycles. The highest BCUT2D eigenvalue weighted by molar-refractivity contribution is 5.82. The smallest absolute Gasteiger partial charge is 0.255 e. The third kappa shape index (κ3) is 4.95. The minimum atomic E-state index is -2.56. The maximum atomic E-state index is 12.3. The number of amides is 1. The van der Waals surface area contributed by atoms with Gasteiger partial charge >= 0.3 is 0 Å². The molecule has 1 heterocycles. The Morgan fingerprint density at radius 1 is 1.41 bits per heavy atom. The van der Waals surface area contributed by atoms with Gasteiger partial charge in [-0.1, -0.05) is 12.8 Å². The molecule has 0 bridgehead atoms. The van der Waals surface area contributed by atoms with Gasteiger partial charge in [0.2, 0.25) is 5.91 Å². The molecular formula is C11H20F2N2O2. The van der Waals surface area contributed by atoms with Crippen molar-refractivity contribution in [2.24, 2.45) is 0 Å². The Balaban J connectivity index is 2.54. The fourth-order valence-corrected chi connectivity index (χ4v) is 2.04. The Morgan fingerprint density at radius 2 is 2.18 bits per heavy atom. The van der Waals surface area contributed by atoms with E-state index in [1.165, 1.54) is 0 Å². The second kappa shape index (κ2) is 7.55. The van der Waals surface area contributed by atoms with E-state index in [0.717, 1.165) is 30.7 Å². The first-order valence-electron chi connectivity index (χ1n) is 6.06. The molecule has 4 nitrogen and oxygen atoms in total. The van der Waals surface area contributed by atoms with Crippen molar-refractivity contribution in [1.29, 1.82) is 0 Å². The molecule has 17 heavy (non-hydrogen) atoms. The SMILES string of the molecule is O=C(C1CCCCCN1)N(CCO)CC(F)F. The Kier molecular flexibility index (Phi) is 6.36. The van der Waals surface area contributed by atoms with Crippen molar-refractivity contribution in [2.45, 2.75) is 38.2 Å². The molecule has 0 spiro atoms. The zero-order chi connectivity index (χ0) is 12.7. The van der Waals surface area contributed by atoms with E-state index in [0.29, 0.717) is 6.42 Å². The zero-order valence-electron chi connectivity index (χ0n) is 9.87. The van der Waals surface area contributed by atoms with Crippen LogP contribution in [-0.4, -0.2) is 54.6 Å². The van der Waals surface area contributed by atoms with Crippen molar-refractivity contribution in [2.75, 3.05) is 26.2 Å². The highest BCUT2D eigenvalue weighted by atomic mass is 19.3. The summed E-state index contributed by atoms with van der Waals surface area (Å²) in [5.74, 6) is -0.318. The average Bonchev–Trinajstić information content (AvgIpc) is 2.55. The summed E-state index contributed by atoms with van der Waals surface area (Å²) in [6, 6.07) is -0.372. The number of rotatable bonds is 5. The number of carbonyl (C=O) groups excluding carboxylic acids is 1.